The van der Waals surface area contributed by atoms with Gasteiger partial charge in [-0.1, -0.05) is 29.3 Å². The van der Waals surface area contributed by atoms with Crippen molar-refractivity contribution in [1.82, 2.24) is 5.32 Å². The molecular weight excluding hydrogens is 244 g/mol. The van der Waals surface area contributed by atoms with Crippen molar-refractivity contribution in [2.45, 2.75) is 26.9 Å². The number of benzene rings is 2. The van der Waals surface area contributed by atoms with Gasteiger partial charge in [0.15, 0.2) is 0 Å². The fourth-order valence-corrected chi connectivity index (χ4v) is 2.19. The lowest BCUT2D eigenvalue weighted by Gasteiger charge is -2.08. The Bertz CT molecular complexity index is 559. The van der Waals surface area contributed by atoms with E-state index in [9.17, 15) is 8.78 Å². The summed E-state index contributed by atoms with van der Waals surface area (Å²) < 4.78 is 26.4. The van der Waals surface area contributed by atoms with Crippen LogP contribution in [-0.4, -0.2) is 0 Å². The molecule has 3 heteroatoms. The summed E-state index contributed by atoms with van der Waals surface area (Å²) in [6.45, 7) is 5.04. The third-order valence-electron chi connectivity index (χ3n) is 2.93. The Morgan fingerprint density at radius 3 is 2.26 bits per heavy atom. The monoisotopic (exact) mass is 261 g/mol. The van der Waals surface area contributed by atoms with Crippen molar-refractivity contribution in [2.24, 2.45) is 0 Å². The summed E-state index contributed by atoms with van der Waals surface area (Å²) >= 11 is 0. The Balaban J connectivity index is 1.98. The molecule has 19 heavy (non-hydrogen) atoms. The summed E-state index contributed by atoms with van der Waals surface area (Å²) in [5.41, 5.74) is 3.90. The predicted molar refractivity (Wildman–Crippen MR) is 72.8 cm³/mol. The fourth-order valence-electron chi connectivity index (χ4n) is 2.19. The zero-order valence-corrected chi connectivity index (χ0v) is 11.1. The molecule has 2 aromatic carbocycles. The number of rotatable bonds is 4. The molecule has 2 aromatic rings. The molecule has 0 aliphatic rings. The first-order chi connectivity index (χ1) is 9.04. The van der Waals surface area contributed by atoms with E-state index in [4.69, 9.17) is 0 Å². The molecular formula is C16H17F2N. The minimum Gasteiger partial charge on any atom is -0.309 e. The molecule has 0 spiro atoms. The third-order valence-corrected chi connectivity index (χ3v) is 2.93. The van der Waals surface area contributed by atoms with Crippen molar-refractivity contribution in [3.63, 3.8) is 0 Å². The van der Waals surface area contributed by atoms with Gasteiger partial charge >= 0.3 is 0 Å². The van der Waals surface area contributed by atoms with Crippen molar-refractivity contribution in [3.05, 3.63) is 70.3 Å². The first-order valence-electron chi connectivity index (χ1n) is 6.26. The van der Waals surface area contributed by atoms with Gasteiger partial charge in [0.25, 0.3) is 0 Å². The Labute approximate surface area is 112 Å². The second kappa shape index (κ2) is 5.93. The van der Waals surface area contributed by atoms with E-state index in [1.54, 1.807) is 0 Å². The SMILES string of the molecule is Cc1cc(C)cc(CNCc2cc(F)ccc2F)c1. The molecule has 0 aromatic heterocycles. The Hall–Kier alpha value is -1.74. The minimum atomic E-state index is -0.412. The van der Waals surface area contributed by atoms with Crippen LogP contribution in [-0.2, 0) is 13.1 Å². The van der Waals surface area contributed by atoms with Crippen molar-refractivity contribution < 1.29 is 8.78 Å². The van der Waals surface area contributed by atoms with Gasteiger partial charge in [-0.3, -0.25) is 0 Å². The topological polar surface area (TPSA) is 12.0 Å². The van der Waals surface area contributed by atoms with E-state index in [0.717, 1.165) is 17.7 Å². The van der Waals surface area contributed by atoms with Crippen LogP contribution in [0.3, 0.4) is 0 Å². The van der Waals surface area contributed by atoms with Gasteiger partial charge in [0.1, 0.15) is 11.6 Å². The molecule has 100 valence electrons. The van der Waals surface area contributed by atoms with E-state index in [1.807, 2.05) is 13.8 Å². The van der Waals surface area contributed by atoms with Crippen LogP contribution >= 0.6 is 0 Å². The van der Waals surface area contributed by atoms with Gasteiger partial charge in [0, 0.05) is 18.7 Å². The predicted octanol–water partition coefficient (Wildman–Crippen LogP) is 3.87. The third kappa shape index (κ3) is 3.86. The first kappa shape index (κ1) is 13.7. The van der Waals surface area contributed by atoms with Gasteiger partial charge in [-0.15, -0.1) is 0 Å². The summed E-state index contributed by atoms with van der Waals surface area (Å²) in [4.78, 5) is 0. The molecule has 0 radical (unpaired) electrons. The van der Waals surface area contributed by atoms with Gasteiger partial charge in [0.2, 0.25) is 0 Å². The maximum atomic E-state index is 13.4. The highest BCUT2D eigenvalue weighted by Gasteiger charge is 2.03. The molecule has 0 aliphatic heterocycles. The van der Waals surface area contributed by atoms with Crippen molar-refractivity contribution >= 4 is 0 Å². The van der Waals surface area contributed by atoms with E-state index >= 15 is 0 Å². The van der Waals surface area contributed by atoms with E-state index < -0.39 is 5.82 Å². The molecule has 0 fully saturated rings. The number of hydrogen-bond donors (Lipinski definition) is 1. The van der Waals surface area contributed by atoms with Gasteiger partial charge in [0.05, 0.1) is 0 Å². The van der Waals surface area contributed by atoms with Crippen molar-refractivity contribution in [1.29, 1.82) is 0 Å². The molecule has 1 nitrogen and oxygen atoms in total. The Morgan fingerprint density at radius 1 is 0.895 bits per heavy atom. The normalized spacial score (nSPS) is 10.7. The van der Waals surface area contributed by atoms with E-state index in [1.165, 1.54) is 17.2 Å². The van der Waals surface area contributed by atoms with Crippen LogP contribution in [0.15, 0.2) is 36.4 Å². The lowest BCUT2D eigenvalue weighted by molar-refractivity contribution is 0.568. The highest BCUT2D eigenvalue weighted by molar-refractivity contribution is 5.28. The smallest absolute Gasteiger partial charge is 0.127 e. The van der Waals surface area contributed by atoms with Crippen molar-refractivity contribution in [2.75, 3.05) is 0 Å². The van der Waals surface area contributed by atoms with Gasteiger partial charge in [-0.05, 0) is 37.6 Å². The molecule has 0 heterocycles. The molecule has 1 N–H and O–H groups in total. The van der Waals surface area contributed by atoms with Gasteiger partial charge in [-0.2, -0.15) is 0 Å². The van der Waals surface area contributed by atoms with E-state index in [2.05, 4.69) is 23.5 Å². The molecule has 0 bridgehead atoms. The van der Waals surface area contributed by atoms with Crippen LogP contribution in [0.4, 0.5) is 8.78 Å². The summed E-state index contributed by atoms with van der Waals surface area (Å²) in [7, 11) is 0. The molecule has 0 saturated carbocycles. The summed E-state index contributed by atoms with van der Waals surface area (Å²) in [5, 5.41) is 3.13. The number of hydrogen-bond acceptors (Lipinski definition) is 1. The average molecular weight is 261 g/mol. The van der Waals surface area contributed by atoms with Crippen LogP contribution in [0, 0.1) is 25.5 Å². The zero-order chi connectivity index (χ0) is 13.8. The minimum absolute atomic E-state index is 0.316. The first-order valence-corrected chi connectivity index (χ1v) is 6.26. The van der Waals surface area contributed by atoms with Gasteiger partial charge < -0.3 is 5.32 Å². The lowest BCUT2D eigenvalue weighted by atomic mass is 10.1. The van der Waals surface area contributed by atoms with Crippen LogP contribution in [0.1, 0.15) is 22.3 Å². The van der Waals surface area contributed by atoms with Crippen LogP contribution in [0.5, 0.6) is 0 Å². The summed E-state index contributed by atoms with van der Waals surface area (Å²) in [6.07, 6.45) is 0. The fraction of sp³-hybridized carbons (Fsp3) is 0.250. The largest absolute Gasteiger partial charge is 0.309 e. The highest BCUT2D eigenvalue weighted by atomic mass is 19.1. The van der Waals surface area contributed by atoms with Crippen LogP contribution in [0.2, 0.25) is 0 Å². The number of aryl methyl sites for hydroxylation is 2. The van der Waals surface area contributed by atoms with Crippen LogP contribution in [0.25, 0.3) is 0 Å². The maximum Gasteiger partial charge on any atom is 0.127 e. The maximum absolute atomic E-state index is 13.4. The highest BCUT2D eigenvalue weighted by Crippen LogP contribution is 2.11. The number of halogens is 2. The summed E-state index contributed by atoms with van der Waals surface area (Å²) in [6, 6.07) is 9.79. The van der Waals surface area contributed by atoms with E-state index in [-0.39, 0.29) is 5.82 Å². The number of nitrogens with one attached hydrogen (secondary N) is 1. The summed E-state index contributed by atoms with van der Waals surface area (Å²) in [5.74, 6) is -0.793. The molecule has 0 atom stereocenters. The van der Waals surface area contributed by atoms with Gasteiger partial charge in [-0.25, -0.2) is 8.78 Å². The second-order valence-corrected chi connectivity index (χ2v) is 4.84. The van der Waals surface area contributed by atoms with E-state index in [0.29, 0.717) is 18.7 Å². The molecule has 0 aliphatic carbocycles. The second-order valence-electron chi connectivity index (χ2n) is 4.84. The molecule has 0 unspecified atom stereocenters. The molecule has 2 rings (SSSR count). The Morgan fingerprint density at radius 2 is 1.58 bits per heavy atom. The van der Waals surface area contributed by atoms with Crippen LogP contribution < -0.4 is 5.32 Å². The van der Waals surface area contributed by atoms with Crippen molar-refractivity contribution in [3.8, 4) is 0 Å². The lowest BCUT2D eigenvalue weighted by Crippen LogP contribution is -2.14. The quantitative estimate of drug-likeness (QED) is 0.881. The standard InChI is InChI=1S/C16H17F2N/c1-11-5-12(2)7-13(6-11)9-19-10-14-8-15(17)3-4-16(14)18/h3-8,19H,9-10H2,1-2H3. The average Bonchev–Trinajstić information content (AvgIpc) is 2.32. The zero-order valence-electron chi connectivity index (χ0n) is 11.1. The molecule has 0 saturated heterocycles. The molecule has 0 amide bonds. The Kier molecular flexibility index (Phi) is 4.27.